The Labute approximate surface area is 132 Å². The fraction of sp³-hybridized carbons (Fsp3) is 0.188. The van der Waals surface area contributed by atoms with E-state index in [1.165, 1.54) is 0 Å². The molecule has 0 aliphatic carbocycles. The van der Waals surface area contributed by atoms with E-state index in [1.54, 1.807) is 0 Å². The number of nitrogens with one attached hydrogen (secondary N) is 2. The van der Waals surface area contributed by atoms with Crippen LogP contribution < -0.4 is 10.6 Å². The number of amides is 1. The van der Waals surface area contributed by atoms with Gasteiger partial charge in [0.15, 0.2) is 0 Å². The number of hydrogen-bond donors (Lipinski definition) is 2. The van der Waals surface area contributed by atoms with Crippen LogP contribution in [-0.4, -0.2) is 12.5 Å². The second kappa shape index (κ2) is 7.40. The highest BCUT2D eigenvalue weighted by atomic mass is 127. The Morgan fingerprint density at radius 2 is 1.90 bits per heavy atom. The smallest absolute Gasteiger partial charge is 0.255 e. The van der Waals surface area contributed by atoms with Gasteiger partial charge in [-0.3, -0.25) is 4.79 Å². The van der Waals surface area contributed by atoms with E-state index < -0.39 is 0 Å². The molecule has 0 atom stereocenters. The van der Waals surface area contributed by atoms with Gasteiger partial charge in [-0.2, -0.15) is 0 Å². The summed E-state index contributed by atoms with van der Waals surface area (Å²) in [5.74, 6) is -0.0815. The minimum absolute atomic E-state index is 0.0815. The predicted molar refractivity (Wildman–Crippen MR) is 90.9 cm³/mol. The van der Waals surface area contributed by atoms with Crippen molar-refractivity contribution in [1.82, 2.24) is 5.32 Å². The topological polar surface area (TPSA) is 41.1 Å². The second-order valence-corrected chi connectivity index (χ2v) is 5.69. The van der Waals surface area contributed by atoms with Crippen LogP contribution in [0.1, 0.15) is 22.8 Å². The van der Waals surface area contributed by atoms with Gasteiger partial charge >= 0.3 is 0 Å². The van der Waals surface area contributed by atoms with E-state index in [4.69, 9.17) is 0 Å². The van der Waals surface area contributed by atoms with E-state index in [9.17, 15) is 4.79 Å². The fourth-order valence-corrected chi connectivity index (χ4v) is 2.19. The van der Waals surface area contributed by atoms with E-state index in [0.29, 0.717) is 5.56 Å². The summed E-state index contributed by atoms with van der Waals surface area (Å²) in [6, 6.07) is 15.4. The lowest BCUT2D eigenvalue weighted by Gasteiger charge is -2.08. The van der Waals surface area contributed by atoms with Crippen molar-refractivity contribution in [2.24, 2.45) is 0 Å². The van der Waals surface area contributed by atoms with E-state index in [-0.39, 0.29) is 5.91 Å². The van der Waals surface area contributed by atoms with Gasteiger partial charge < -0.3 is 10.6 Å². The van der Waals surface area contributed by atoms with Crippen LogP contribution >= 0.6 is 22.6 Å². The van der Waals surface area contributed by atoms with Crippen molar-refractivity contribution in [3.05, 3.63) is 63.2 Å². The Morgan fingerprint density at radius 3 is 2.60 bits per heavy atom. The standard InChI is InChI=1S/C16H17IN2O/c1-2-18-11-12-4-3-5-15(10-12)19-16(20)13-6-8-14(17)9-7-13/h3-10,18H,2,11H2,1H3,(H,19,20). The molecule has 2 N–H and O–H groups in total. The average Bonchev–Trinajstić information content (AvgIpc) is 2.46. The Morgan fingerprint density at radius 1 is 1.15 bits per heavy atom. The lowest BCUT2D eigenvalue weighted by atomic mass is 10.1. The Bertz CT molecular complexity index is 581. The van der Waals surface area contributed by atoms with Gasteiger partial charge in [-0.1, -0.05) is 19.1 Å². The summed E-state index contributed by atoms with van der Waals surface area (Å²) in [6.45, 7) is 3.81. The molecule has 0 unspecified atom stereocenters. The molecule has 20 heavy (non-hydrogen) atoms. The molecule has 0 radical (unpaired) electrons. The molecule has 0 saturated heterocycles. The van der Waals surface area contributed by atoms with Crippen molar-refractivity contribution in [1.29, 1.82) is 0 Å². The maximum atomic E-state index is 12.1. The number of carbonyl (C=O) groups is 1. The highest BCUT2D eigenvalue weighted by Crippen LogP contribution is 2.13. The second-order valence-electron chi connectivity index (χ2n) is 4.44. The molecule has 0 spiro atoms. The van der Waals surface area contributed by atoms with Crippen LogP contribution in [0, 0.1) is 3.57 Å². The summed E-state index contributed by atoms with van der Waals surface area (Å²) >= 11 is 2.22. The van der Waals surface area contributed by atoms with Crippen molar-refractivity contribution in [2.75, 3.05) is 11.9 Å². The monoisotopic (exact) mass is 380 g/mol. The molecule has 4 heteroatoms. The van der Waals surface area contributed by atoms with Crippen LogP contribution in [0.4, 0.5) is 5.69 Å². The number of rotatable bonds is 5. The molecule has 2 rings (SSSR count). The van der Waals surface area contributed by atoms with Gasteiger partial charge in [-0.15, -0.1) is 0 Å². The highest BCUT2D eigenvalue weighted by molar-refractivity contribution is 14.1. The molecule has 0 fully saturated rings. The highest BCUT2D eigenvalue weighted by Gasteiger charge is 2.06. The molecule has 0 aliphatic rings. The van der Waals surface area contributed by atoms with Crippen molar-refractivity contribution < 1.29 is 4.79 Å². The Hall–Kier alpha value is -1.40. The first kappa shape index (κ1) is 15.0. The SMILES string of the molecule is CCNCc1cccc(NC(=O)c2ccc(I)cc2)c1. The molecular weight excluding hydrogens is 363 g/mol. The Balaban J connectivity index is 2.05. The van der Waals surface area contributed by atoms with Gasteiger partial charge in [0, 0.05) is 21.4 Å². The van der Waals surface area contributed by atoms with E-state index in [2.05, 4.69) is 40.1 Å². The summed E-state index contributed by atoms with van der Waals surface area (Å²) in [4.78, 5) is 12.1. The zero-order valence-electron chi connectivity index (χ0n) is 11.3. The minimum atomic E-state index is -0.0815. The third kappa shape index (κ3) is 4.31. The van der Waals surface area contributed by atoms with E-state index in [0.717, 1.165) is 27.9 Å². The summed E-state index contributed by atoms with van der Waals surface area (Å²) in [7, 11) is 0. The van der Waals surface area contributed by atoms with Crippen molar-refractivity contribution in [3.8, 4) is 0 Å². The van der Waals surface area contributed by atoms with Crippen LogP contribution in [0.3, 0.4) is 0 Å². The summed E-state index contributed by atoms with van der Waals surface area (Å²) in [5.41, 5.74) is 2.65. The van der Waals surface area contributed by atoms with Crippen LogP contribution in [0.5, 0.6) is 0 Å². The third-order valence-corrected chi connectivity index (χ3v) is 3.59. The lowest BCUT2D eigenvalue weighted by molar-refractivity contribution is 0.102. The fourth-order valence-electron chi connectivity index (χ4n) is 1.83. The first-order valence-electron chi connectivity index (χ1n) is 6.55. The number of hydrogen-bond acceptors (Lipinski definition) is 2. The minimum Gasteiger partial charge on any atom is -0.322 e. The van der Waals surface area contributed by atoms with Crippen molar-refractivity contribution in [2.45, 2.75) is 13.5 Å². The predicted octanol–water partition coefficient (Wildman–Crippen LogP) is 3.65. The zero-order chi connectivity index (χ0) is 14.4. The molecule has 3 nitrogen and oxygen atoms in total. The van der Waals surface area contributed by atoms with Gasteiger partial charge in [-0.25, -0.2) is 0 Å². The number of anilines is 1. The quantitative estimate of drug-likeness (QED) is 0.778. The Kier molecular flexibility index (Phi) is 5.55. The van der Waals surface area contributed by atoms with Crippen molar-refractivity contribution in [3.63, 3.8) is 0 Å². The molecule has 0 heterocycles. The molecule has 2 aromatic rings. The molecule has 104 valence electrons. The molecule has 0 bridgehead atoms. The largest absolute Gasteiger partial charge is 0.322 e. The third-order valence-electron chi connectivity index (χ3n) is 2.87. The number of halogens is 1. The molecule has 0 saturated carbocycles. The first-order valence-corrected chi connectivity index (χ1v) is 7.63. The van der Waals surface area contributed by atoms with E-state index in [1.807, 2.05) is 48.5 Å². The average molecular weight is 380 g/mol. The van der Waals surface area contributed by atoms with Crippen molar-refractivity contribution >= 4 is 34.2 Å². The van der Waals surface area contributed by atoms with Gasteiger partial charge in [0.05, 0.1) is 0 Å². The van der Waals surface area contributed by atoms with Crippen LogP contribution in [-0.2, 0) is 6.54 Å². The molecule has 0 aliphatic heterocycles. The van der Waals surface area contributed by atoms with Crippen LogP contribution in [0.15, 0.2) is 48.5 Å². The maximum Gasteiger partial charge on any atom is 0.255 e. The van der Waals surface area contributed by atoms with Gasteiger partial charge in [0.2, 0.25) is 0 Å². The summed E-state index contributed by atoms with van der Waals surface area (Å²) in [5, 5.41) is 6.19. The van der Waals surface area contributed by atoms with Gasteiger partial charge in [0.1, 0.15) is 0 Å². The molecule has 1 amide bonds. The summed E-state index contributed by atoms with van der Waals surface area (Å²) < 4.78 is 1.12. The normalized spacial score (nSPS) is 10.3. The van der Waals surface area contributed by atoms with Gasteiger partial charge in [-0.05, 0) is 71.1 Å². The van der Waals surface area contributed by atoms with Crippen LogP contribution in [0.2, 0.25) is 0 Å². The van der Waals surface area contributed by atoms with Gasteiger partial charge in [0.25, 0.3) is 5.91 Å². The first-order chi connectivity index (χ1) is 9.69. The van der Waals surface area contributed by atoms with E-state index >= 15 is 0 Å². The molecular formula is C16H17IN2O. The summed E-state index contributed by atoms with van der Waals surface area (Å²) in [6.07, 6.45) is 0. The number of carbonyl (C=O) groups excluding carboxylic acids is 1. The maximum absolute atomic E-state index is 12.1. The van der Waals surface area contributed by atoms with Crippen LogP contribution in [0.25, 0.3) is 0 Å². The molecule has 0 aromatic heterocycles. The lowest BCUT2D eigenvalue weighted by Crippen LogP contribution is -2.14. The number of benzene rings is 2. The zero-order valence-corrected chi connectivity index (χ0v) is 13.5. The molecule has 2 aromatic carbocycles.